The highest BCUT2D eigenvalue weighted by atomic mass is 16.5. The number of amides is 1. The number of nitrogens with one attached hydrogen (secondary N) is 1. The highest BCUT2D eigenvalue weighted by Crippen LogP contribution is 2.29. The molecule has 0 saturated carbocycles. The fourth-order valence-electron chi connectivity index (χ4n) is 1.81. The summed E-state index contributed by atoms with van der Waals surface area (Å²) in [5.41, 5.74) is 7.50. The van der Waals surface area contributed by atoms with Crippen molar-refractivity contribution in [1.29, 1.82) is 0 Å². The molecular weight excluding hydrogens is 252 g/mol. The standard InChI is InChI=1S/C16H18N2O2/c1-11(17)13-7-9-14(10-8-13)20-16-6-4-3-5-15(16)18-12(2)19/h3-11H,17H2,1-2H3,(H,18,19). The van der Waals surface area contributed by atoms with Gasteiger partial charge >= 0.3 is 0 Å². The van der Waals surface area contributed by atoms with Gasteiger partial charge in [0.15, 0.2) is 5.75 Å². The molecular formula is C16H18N2O2. The Labute approximate surface area is 118 Å². The van der Waals surface area contributed by atoms with Crippen LogP contribution < -0.4 is 15.8 Å². The lowest BCUT2D eigenvalue weighted by Crippen LogP contribution is -2.07. The van der Waals surface area contributed by atoms with E-state index in [0.29, 0.717) is 17.2 Å². The average molecular weight is 270 g/mol. The molecule has 2 aromatic rings. The molecule has 0 fully saturated rings. The molecule has 0 aromatic heterocycles. The molecule has 1 unspecified atom stereocenters. The van der Waals surface area contributed by atoms with Crippen molar-refractivity contribution in [2.75, 3.05) is 5.32 Å². The number of hydrogen-bond donors (Lipinski definition) is 2. The monoisotopic (exact) mass is 270 g/mol. The van der Waals surface area contributed by atoms with Crippen LogP contribution in [0.25, 0.3) is 0 Å². The van der Waals surface area contributed by atoms with Crippen LogP contribution in [0.1, 0.15) is 25.5 Å². The molecule has 20 heavy (non-hydrogen) atoms. The summed E-state index contributed by atoms with van der Waals surface area (Å²) in [5.74, 6) is 1.18. The van der Waals surface area contributed by atoms with Crippen LogP contribution in [0, 0.1) is 0 Å². The smallest absolute Gasteiger partial charge is 0.221 e. The molecule has 1 amide bonds. The Morgan fingerprint density at radius 1 is 1.15 bits per heavy atom. The van der Waals surface area contributed by atoms with E-state index in [4.69, 9.17) is 10.5 Å². The fraction of sp³-hybridized carbons (Fsp3) is 0.188. The summed E-state index contributed by atoms with van der Waals surface area (Å²) >= 11 is 0. The minimum Gasteiger partial charge on any atom is -0.455 e. The van der Waals surface area contributed by atoms with Gasteiger partial charge in [-0.05, 0) is 36.8 Å². The minimum atomic E-state index is -0.131. The first-order chi connectivity index (χ1) is 9.56. The van der Waals surface area contributed by atoms with Gasteiger partial charge in [-0.25, -0.2) is 0 Å². The summed E-state index contributed by atoms with van der Waals surface area (Å²) < 4.78 is 5.79. The quantitative estimate of drug-likeness (QED) is 0.894. The van der Waals surface area contributed by atoms with Crippen molar-refractivity contribution in [2.45, 2.75) is 19.9 Å². The van der Waals surface area contributed by atoms with E-state index in [2.05, 4.69) is 5.32 Å². The van der Waals surface area contributed by atoms with Crippen LogP contribution in [0.3, 0.4) is 0 Å². The SMILES string of the molecule is CC(=O)Nc1ccccc1Oc1ccc(C(C)N)cc1. The van der Waals surface area contributed by atoms with Crippen LogP contribution in [0.5, 0.6) is 11.5 Å². The van der Waals surface area contributed by atoms with E-state index in [1.54, 1.807) is 6.07 Å². The van der Waals surface area contributed by atoms with E-state index in [1.807, 2.05) is 49.4 Å². The number of benzene rings is 2. The largest absolute Gasteiger partial charge is 0.455 e. The van der Waals surface area contributed by atoms with Crippen LogP contribution in [0.4, 0.5) is 5.69 Å². The molecule has 0 bridgehead atoms. The van der Waals surface area contributed by atoms with Gasteiger partial charge in [-0.3, -0.25) is 4.79 Å². The Balaban J connectivity index is 2.19. The van der Waals surface area contributed by atoms with Gasteiger partial charge in [-0.2, -0.15) is 0 Å². The van der Waals surface area contributed by atoms with Crippen molar-refractivity contribution in [3.05, 3.63) is 54.1 Å². The number of rotatable bonds is 4. The van der Waals surface area contributed by atoms with Gasteiger partial charge in [0.2, 0.25) is 5.91 Å². The van der Waals surface area contributed by atoms with Gasteiger partial charge in [-0.15, -0.1) is 0 Å². The van der Waals surface area contributed by atoms with Crippen molar-refractivity contribution in [1.82, 2.24) is 0 Å². The maximum absolute atomic E-state index is 11.2. The van der Waals surface area contributed by atoms with Crippen molar-refractivity contribution >= 4 is 11.6 Å². The predicted octanol–water partition coefficient (Wildman–Crippen LogP) is 3.46. The zero-order chi connectivity index (χ0) is 14.5. The van der Waals surface area contributed by atoms with E-state index in [0.717, 1.165) is 5.56 Å². The second-order valence-electron chi connectivity index (χ2n) is 4.64. The molecule has 4 heteroatoms. The van der Waals surface area contributed by atoms with E-state index in [-0.39, 0.29) is 11.9 Å². The van der Waals surface area contributed by atoms with Gasteiger partial charge in [0.25, 0.3) is 0 Å². The Morgan fingerprint density at radius 2 is 1.80 bits per heavy atom. The van der Waals surface area contributed by atoms with E-state index >= 15 is 0 Å². The highest BCUT2D eigenvalue weighted by molar-refractivity contribution is 5.90. The molecule has 0 aliphatic heterocycles. The van der Waals surface area contributed by atoms with E-state index in [1.165, 1.54) is 6.92 Å². The Bertz CT molecular complexity index is 592. The molecule has 0 heterocycles. The number of ether oxygens (including phenoxy) is 1. The molecule has 1 atom stereocenters. The van der Waals surface area contributed by atoms with E-state index < -0.39 is 0 Å². The summed E-state index contributed by atoms with van der Waals surface area (Å²) in [4.78, 5) is 11.2. The summed E-state index contributed by atoms with van der Waals surface area (Å²) in [5, 5.41) is 2.74. The molecule has 0 aliphatic carbocycles. The van der Waals surface area contributed by atoms with Gasteiger partial charge in [0, 0.05) is 13.0 Å². The highest BCUT2D eigenvalue weighted by Gasteiger charge is 2.06. The summed E-state index contributed by atoms with van der Waals surface area (Å²) in [7, 11) is 0. The van der Waals surface area contributed by atoms with Crippen molar-refractivity contribution in [3.8, 4) is 11.5 Å². The van der Waals surface area contributed by atoms with Gasteiger partial charge in [0.05, 0.1) is 5.69 Å². The Kier molecular flexibility index (Phi) is 4.38. The lowest BCUT2D eigenvalue weighted by molar-refractivity contribution is -0.114. The van der Waals surface area contributed by atoms with Crippen LogP contribution in [0.15, 0.2) is 48.5 Å². The zero-order valence-corrected chi connectivity index (χ0v) is 11.6. The molecule has 0 aliphatic rings. The average Bonchev–Trinajstić information content (AvgIpc) is 2.41. The van der Waals surface area contributed by atoms with Gasteiger partial charge in [-0.1, -0.05) is 24.3 Å². The second-order valence-corrected chi connectivity index (χ2v) is 4.64. The Morgan fingerprint density at radius 3 is 2.40 bits per heavy atom. The normalized spacial score (nSPS) is 11.8. The molecule has 0 radical (unpaired) electrons. The maximum Gasteiger partial charge on any atom is 0.221 e. The third-order valence-electron chi connectivity index (χ3n) is 2.83. The van der Waals surface area contributed by atoms with E-state index in [9.17, 15) is 4.79 Å². The third kappa shape index (κ3) is 3.59. The zero-order valence-electron chi connectivity index (χ0n) is 11.6. The molecule has 4 nitrogen and oxygen atoms in total. The second kappa shape index (κ2) is 6.21. The molecule has 104 valence electrons. The lowest BCUT2D eigenvalue weighted by Gasteiger charge is -2.12. The van der Waals surface area contributed by atoms with Crippen molar-refractivity contribution < 1.29 is 9.53 Å². The molecule has 2 rings (SSSR count). The molecule has 3 N–H and O–H groups in total. The number of nitrogens with two attached hydrogens (primary N) is 1. The number of anilines is 1. The fourth-order valence-corrected chi connectivity index (χ4v) is 1.81. The van der Waals surface area contributed by atoms with Crippen LogP contribution >= 0.6 is 0 Å². The molecule has 0 spiro atoms. The summed E-state index contributed by atoms with van der Waals surface area (Å²) in [6.45, 7) is 3.40. The lowest BCUT2D eigenvalue weighted by atomic mass is 10.1. The van der Waals surface area contributed by atoms with Gasteiger partial charge in [0.1, 0.15) is 5.75 Å². The summed E-state index contributed by atoms with van der Waals surface area (Å²) in [6, 6.07) is 14.9. The maximum atomic E-state index is 11.2. The van der Waals surface area contributed by atoms with Gasteiger partial charge < -0.3 is 15.8 Å². The number of carbonyl (C=O) groups excluding carboxylic acids is 1. The van der Waals surface area contributed by atoms with Crippen molar-refractivity contribution in [2.24, 2.45) is 5.73 Å². The number of para-hydroxylation sites is 2. The Hall–Kier alpha value is -2.33. The third-order valence-corrected chi connectivity index (χ3v) is 2.83. The van der Waals surface area contributed by atoms with Crippen molar-refractivity contribution in [3.63, 3.8) is 0 Å². The predicted molar refractivity (Wildman–Crippen MR) is 79.9 cm³/mol. The topological polar surface area (TPSA) is 64.3 Å². The first-order valence-corrected chi connectivity index (χ1v) is 6.46. The molecule has 2 aromatic carbocycles. The van der Waals surface area contributed by atoms with Crippen LogP contribution in [0.2, 0.25) is 0 Å². The number of hydrogen-bond acceptors (Lipinski definition) is 3. The van der Waals surface area contributed by atoms with Crippen LogP contribution in [-0.2, 0) is 4.79 Å². The first kappa shape index (κ1) is 14.1. The molecule has 0 saturated heterocycles. The minimum absolute atomic E-state index is 0.00397. The first-order valence-electron chi connectivity index (χ1n) is 6.46. The van der Waals surface area contributed by atoms with Crippen LogP contribution in [-0.4, -0.2) is 5.91 Å². The number of carbonyl (C=O) groups is 1. The summed E-state index contributed by atoms with van der Waals surface area (Å²) in [6.07, 6.45) is 0.